The van der Waals surface area contributed by atoms with Gasteiger partial charge in [-0.1, -0.05) is 0 Å². The van der Waals surface area contributed by atoms with Crippen LogP contribution in [0.3, 0.4) is 0 Å². The summed E-state index contributed by atoms with van der Waals surface area (Å²) in [6.45, 7) is 5.30. The van der Waals surface area contributed by atoms with Gasteiger partial charge in [-0.2, -0.15) is 0 Å². The molecule has 0 aromatic carbocycles. The monoisotopic (exact) mass is 244 g/mol. The molecule has 3 atom stereocenters. The first-order valence-electron chi connectivity index (χ1n) is 5.73. The largest absolute Gasteiger partial charge is 0.469 e. The van der Waals surface area contributed by atoms with Gasteiger partial charge in [0.2, 0.25) is 0 Å². The second-order valence-electron chi connectivity index (χ2n) is 5.39. The van der Waals surface area contributed by atoms with Crippen LogP contribution in [0, 0.1) is 11.8 Å². The van der Waals surface area contributed by atoms with Crippen LogP contribution in [0.1, 0.15) is 33.6 Å². The van der Waals surface area contributed by atoms with E-state index in [4.69, 9.17) is 4.74 Å². The number of rotatable bonds is 2. The van der Waals surface area contributed by atoms with E-state index in [0.29, 0.717) is 0 Å². The van der Waals surface area contributed by atoms with Crippen LogP contribution in [0.15, 0.2) is 0 Å². The van der Waals surface area contributed by atoms with Gasteiger partial charge in [-0.3, -0.25) is 9.59 Å². The van der Waals surface area contributed by atoms with Gasteiger partial charge >= 0.3 is 11.9 Å². The number of ether oxygens (including phenoxy) is 2. The molecule has 1 aliphatic rings. The number of aliphatic hydroxyl groups excluding tert-OH is 1. The van der Waals surface area contributed by atoms with Crippen LogP contribution < -0.4 is 0 Å². The molecule has 0 heterocycles. The molecule has 1 rings (SSSR count). The van der Waals surface area contributed by atoms with E-state index in [0.717, 1.165) is 0 Å². The first-order valence-corrected chi connectivity index (χ1v) is 5.73. The number of aliphatic hydroxyl groups is 1. The fourth-order valence-corrected chi connectivity index (χ4v) is 2.06. The van der Waals surface area contributed by atoms with E-state index in [1.807, 2.05) is 0 Å². The summed E-state index contributed by atoms with van der Waals surface area (Å²) in [5.41, 5.74) is -0.592. The van der Waals surface area contributed by atoms with E-state index < -0.39 is 35.5 Å². The van der Waals surface area contributed by atoms with Crippen molar-refractivity contribution in [1.82, 2.24) is 0 Å². The maximum Gasteiger partial charge on any atom is 0.310 e. The maximum atomic E-state index is 11.9. The average molecular weight is 244 g/mol. The molecule has 0 saturated heterocycles. The zero-order valence-electron chi connectivity index (χ0n) is 10.7. The molecule has 0 aliphatic heterocycles. The Bertz CT molecular complexity index is 305. The Balaban J connectivity index is 2.73. The number of methoxy groups -OCH3 is 1. The molecular formula is C12H20O5. The predicted octanol–water partition coefficient (Wildman–Crippen LogP) is 0.888. The van der Waals surface area contributed by atoms with E-state index in [2.05, 4.69) is 4.74 Å². The molecule has 0 amide bonds. The molecule has 17 heavy (non-hydrogen) atoms. The molecule has 5 nitrogen and oxygen atoms in total. The van der Waals surface area contributed by atoms with Gasteiger partial charge in [-0.15, -0.1) is 0 Å². The highest BCUT2D eigenvalue weighted by Gasteiger charge is 2.44. The SMILES string of the molecule is COC(=O)[C@@H]1C[C@H](O)C[C@H]1C(=O)OC(C)(C)C. The van der Waals surface area contributed by atoms with Gasteiger partial charge in [-0.05, 0) is 33.6 Å². The Labute approximate surface area is 101 Å². The molecule has 1 fully saturated rings. The predicted molar refractivity (Wildman–Crippen MR) is 60.1 cm³/mol. The Kier molecular flexibility index (Phi) is 4.14. The summed E-state index contributed by atoms with van der Waals surface area (Å²) in [4.78, 5) is 23.4. The van der Waals surface area contributed by atoms with Gasteiger partial charge < -0.3 is 14.6 Å². The Morgan fingerprint density at radius 2 is 1.59 bits per heavy atom. The van der Waals surface area contributed by atoms with Crippen LogP contribution in [0.5, 0.6) is 0 Å². The Hall–Kier alpha value is -1.10. The lowest BCUT2D eigenvalue weighted by atomic mass is 9.96. The quantitative estimate of drug-likeness (QED) is 0.730. The zero-order chi connectivity index (χ0) is 13.2. The van der Waals surface area contributed by atoms with Gasteiger partial charge in [0, 0.05) is 0 Å². The van der Waals surface area contributed by atoms with E-state index >= 15 is 0 Å². The van der Waals surface area contributed by atoms with Gasteiger partial charge in [0.1, 0.15) is 5.60 Å². The summed E-state index contributed by atoms with van der Waals surface area (Å²) in [6, 6.07) is 0. The van der Waals surface area contributed by atoms with Gasteiger partial charge in [0.25, 0.3) is 0 Å². The molecule has 0 unspecified atom stereocenters. The number of hydrogen-bond acceptors (Lipinski definition) is 5. The lowest BCUT2D eigenvalue weighted by Crippen LogP contribution is -2.33. The molecule has 0 aromatic heterocycles. The Morgan fingerprint density at radius 1 is 1.12 bits per heavy atom. The number of hydrogen-bond donors (Lipinski definition) is 1. The molecule has 1 N–H and O–H groups in total. The van der Waals surface area contributed by atoms with E-state index in [-0.39, 0.29) is 12.8 Å². The molecule has 0 aromatic rings. The fourth-order valence-electron chi connectivity index (χ4n) is 2.06. The van der Waals surface area contributed by atoms with Crippen molar-refractivity contribution in [3.05, 3.63) is 0 Å². The van der Waals surface area contributed by atoms with Crippen LogP contribution in [0.25, 0.3) is 0 Å². The minimum Gasteiger partial charge on any atom is -0.469 e. The van der Waals surface area contributed by atoms with Crippen molar-refractivity contribution >= 4 is 11.9 Å². The third-order valence-electron chi connectivity index (χ3n) is 2.75. The minimum atomic E-state index is -0.642. The van der Waals surface area contributed by atoms with Crippen molar-refractivity contribution < 1.29 is 24.2 Å². The summed E-state index contributed by atoms with van der Waals surface area (Å²) < 4.78 is 9.87. The smallest absolute Gasteiger partial charge is 0.310 e. The van der Waals surface area contributed by atoms with Crippen molar-refractivity contribution in [2.45, 2.75) is 45.3 Å². The summed E-state index contributed by atoms with van der Waals surface area (Å²) >= 11 is 0. The van der Waals surface area contributed by atoms with Crippen molar-refractivity contribution in [1.29, 1.82) is 0 Å². The molecular weight excluding hydrogens is 224 g/mol. The third kappa shape index (κ3) is 3.70. The lowest BCUT2D eigenvalue weighted by Gasteiger charge is -2.23. The summed E-state index contributed by atoms with van der Waals surface area (Å²) in [5.74, 6) is -2.09. The second-order valence-corrected chi connectivity index (χ2v) is 5.39. The van der Waals surface area contributed by atoms with Crippen LogP contribution in [0.2, 0.25) is 0 Å². The number of carbonyl (C=O) groups is 2. The van der Waals surface area contributed by atoms with Gasteiger partial charge in [0.15, 0.2) is 0 Å². The van der Waals surface area contributed by atoms with Crippen molar-refractivity contribution in [3.63, 3.8) is 0 Å². The fraction of sp³-hybridized carbons (Fsp3) is 0.833. The Morgan fingerprint density at radius 3 is 2.00 bits per heavy atom. The highest BCUT2D eigenvalue weighted by molar-refractivity contribution is 5.83. The lowest BCUT2D eigenvalue weighted by molar-refractivity contribution is -0.166. The molecule has 0 radical (unpaired) electrons. The average Bonchev–Trinajstić information content (AvgIpc) is 2.56. The van der Waals surface area contributed by atoms with Crippen LogP contribution >= 0.6 is 0 Å². The topological polar surface area (TPSA) is 72.8 Å². The summed E-state index contributed by atoms with van der Waals surface area (Å²) in [7, 11) is 1.28. The van der Waals surface area contributed by atoms with Gasteiger partial charge in [-0.25, -0.2) is 0 Å². The van der Waals surface area contributed by atoms with Crippen LogP contribution in [-0.2, 0) is 19.1 Å². The number of esters is 2. The number of carbonyl (C=O) groups excluding carboxylic acids is 2. The molecule has 1 aliphatic carbocycles. The van der Waals surface area contributed by atoms with E-state index in [9.17, 15) is 14.7 Å². The van der Waals surface area contributed by atoms with E-state index in [1.165, 1.54) is 7.11 Å². The standard InChI is InChI=1S/C12H20O5/c1-12(2,3)17-11(15)9-6-7(13)5-8(9)10(14)16-4/h7-9,13H,5-6H2,1-4H3/t7-,8+,9+/m0/s1. The first kappa shape index (κ1) is 14.0. The molecule has 0 spiro atoms. The second kappa shape index (κ2) is 5.04. The van der Waals surface area contributed by atoms with Crippen LogP contribution in [-0.4, -0.2) is 35.9 Å². The summed E-state index contributed by atoms with van der Waals surface area (Å²) in [5, 5.41) is 9.55. The van der Waals surface area contributed by atoms with Crippen molar-refractivity contribution in [3.8, 4) is 0 Å². The first-order chi connectivity index (χ1) is 7.74. The molecule has 1 saturated carbocycles. The molecule has 98 valence electrons. The zero-order valence-corrected chi connectivity index (χ0v) is 10.7. The minimum absolute atomic E-state index is 0.259. The summed E-state index contributed by atoms with van der Waals surface area (Å²) in [6.07, 6.45) is -0.123. The van der Waals surface area contributed by atoms with E-state index in [1.54, 1.807) is 20.8 Å². The highest BCUT2D eigenvalue weighted by atomic mass is 16.6. The molecule has 0 bridgehead atoms. The van der Waals surface area contributed by atoms with Crippen molar-refractivity contribution in [2.75, 3.05) is 7.11 Å². The van der Waals surface area contributed by atoms with Crippen molar-refractivity contribution in [2.24, 2.45) is 11.8 Å². The normalized spacial score (nSPS) is 28.9. The molecule has 5 heteroatoms. The highest BCUT2D eigenvalue weighted by Crippen LogP contribution is 2.34. The third-order valence-corrected chi connectivity index (χ3v) is 2.75. The van der Waals surface area contributed by atoms with Gasteiger partial charge in [0.05, 0.1) is 25.0 Å². The maximum absolute atomic E-state index is 11.9. The van der Waals surface area contributed by atoms with Crippen LogP contribution in [0.4, 0.5) is 0 Å².